The van der Waals surface area contributed by atoms with Crippen molar-refractivity contribution >= 4 is 16.8 Å². The maximum Gasteiger partial charge on any atom is 0.227 e. The molecule has 4 rings (SSSR count). The molecule has 2 atom stereocenters. The van der Waals surface area contributed by atoms with Crippen LogP contribution in [0, 0.1) is 5.92 Å². The predicted molar refractivity (Wildman–Crippen MR) is 95.5 cm³/mol. The molecule has 25 heavy (non-hydrogen) atoms. The van der Waals surface area contributed by atoms with Crippen molar-refractivity contribution < 1.29 is 14.3 Å². The van der Waals surface area contributed by atoms with E-state index in [1.54, 1.807) is 7.11 Å². The van der Waals surface area contributed by atoms with Gasteiger partial charge in [-0.2, -0.15) is 5.10 Å². The number of hydrogen-bond acceptors (Lipinski definition) is 6. The summed E-state index contributed by atoms with van der Waals surface area (Å²) < 4.78 is 11.1. The number of methoxy groups -OCH3 is 1. The van der Waals surface area contributed by atoms with Crippen molar-refractivity contribution in [1.29, 1.82) is 0 Å². The van der Waals surface area contributed by atoms with Crippen LogP contribution in [-0.4, -0.2) is 29.1 Å². The van der Waals surface area contributed by atoms with Gasteiger partial charge in [0.05, 0.1) is 12.8 Å². The normalized spacial score (nSPS) is 20.2. The van der Waals surface area contributed by atoms with Crippen molar-refractivity contribution in [3.63, 3.8) is 0 Å². The summed E-state index contributed by atoms with van der Waals surface area (Å²) in [6, 6.07) is 13.5. The number of hydrogen-bond donors (Lipinski definition) is 2. The standard InChI is InChI=1S/C19H19N3O3/c1-11-9-17(23)21-22-18(11)13-5-8-15-16(10-13)25-19(20-15)12-3-6-14(24-2)7-4-12/h3-8,10-11,17,21,23H,9H2,1-2H3. The summed E-state index contributed by atoms with van der Waals surface area (Å²) in [7, 11) is 1.64. The molecular weight excluding hydrogens is 318 g/mol. The topological polar surface area (TPSA) is 79.9 Å². The van der Waals surface area contributed by atoms with Gasteiger partial charge in [0, 0.05) is 23.5 Å². The molecule has 0 spiro atoms. The van der Waals surface area contributed by atoms with Crippen molar-refractivity contribution in [3.8, 4) is 17.2 Å². The minimum atomic E-state index is -0.588. The van der Waals surface area contributed by atoms with Gasteiger partial charge in [0.2, 0.25) is 5.89 Å². The Bertz CT molecular complexity index is 931. The van der Waals surface area contributed by atoms with Gasteiger partial charge in [0.15, 0.2) is 5.58 Å². The van der Waals surface area contributed by atoms with Gasteiger partial charge in [0.1, 0.15) is 17.5 Å². The summed E-state index contributed by atoms with van der Waals surface area (Å²) in [6.45, 7) is 2.05. The fraction of sp³-hybridized carbons (Fsp3) is 0.263. The van der Waals surface area contributed by atoms with Crippen LogP contribution in [0.25, 0.3) is 22.6 Å². The molecule has 0 saturated heterocycles. The van der Waals surface area contributed by atoms with Gasteiger partial charge in [-0.1, -0.05) is 13.0 Å². The van der Waals surface area contributed by atoms with Crippen LogP contribution in [0.1, 0.15) is 18.9 Å². The molecule has 0 amide bonds. The molecular formula is C19H19N3O3. The lowest BCUT2D eigenvalue weighted by Gasteiger charge is -2.24. The van der Waals surface area contributed by atoms with E-state index < -0.39 is 6.23 Å². The van der Waals surface area contributed by atoms with Gasteiger partial charge in [0.25, 0.3) is 0 Å². The third kappa shape index (κ3) is 2.96. The van der Waals surface area contributed by atoms with Crippen LogP contribution in [0.5, 0.6) is 5.75 Å². The van der Waals surface area contributed by atoms with Gasteiger partial charge in [-0.25, -0.2) is 4.98 Å². The Kier molecular flexibility index (Phi) is 3.89. The number of aliphatic hydroxyl groups is 1. The number of benzene rings is 2. The Morgan fingerprint density at radius 3 is 2.64 bits per heavy atom. The van der Waals surface area contributed by atoms with Gasteiger partial charge >= 0.3 is 0 Å². The summed E-state index contributed by atoms with van der Waals surface area (Å²) in [5.41, 5.74) is 7.02. The van der Waals surface area contributed by atoms with Crippen molar-refractivity contribution in [3.05, 3.63) is 48.0 Å². The minimum Gasteiger partial charge on any atom is -0.497 e. The lowest BCUT2D eigenvalue weighted by atomic mass is 9.93. The number of fused-ring (bicyclic) bond motifs is 1. The molecule has 0 saturated carbocycles. The zero-order chi connectivity index (χ0) is 17.4. The van der Waals surface area contributed by atoms with E-state index in [9.17, 15) is 5.11 Å². The van der Waals surface area contributed by atoms with Gasteiger partial charge in [-0.05, 0) is 36.4 Å². The maximum atomic E-state index is 9.63. The summed E-state index contributed by atoms with van der Waals surface area (Å²) >= 11 is 0. The molecule has 1 aliphatic heterocycles. The molecule has 3 aromatic rings. The second kappa shape index (κ2) is 6.22. The first-order valence-electron chi connectivity index (χ1n) is 8.20. The zero-order valence-corrected chi connectivity index (χ0v) is 14.1. The molecule has 2 N–H and O–H groups in total. The third-order valence-electron chi connectivity index (χ3n) is 4.40. The highest BCUT2D eigenvalue weighted by Gasteiger charge is 2.22. The molecule has 0 fully saturated rings. The molecule has 6 nitrogen and oxygen atoms in total. The van der Waals surface area contributed by atoms with Crippen LogP contribution in [0.15, 0.2) is 52.0 Å². The fourth-order valence-electron chi connectivity index (χ4n) is 3.04. The van der Waals surface area contributed by atoms with Crippen LogP contribution in [-0.2, 0) is 0 Å². The van der Waals surface area contributed by atoms with Gasteiger partial charge in [-0.3, -0.25) is 5.43 Å². The molecule has 2 aromatic carbocycles. The van der Waals surface area contributed by atoms with E-state index in [2.05, 4.69) is 22.4 Å². The monoisotopic (exact) mass is 337 g/mol. The van der Waals surface area contributed by atoms with Crippen molar-refractivity contribution in [1.82, 2.24) is 10.4 Å². The molecule has 1 aliphatic rings. The predicted octanol–water partition coefficient (Wildman–Crippen LogP) is 3.16. The lowest BCUT2D eigenvalue weighted by molar-refractivity contribution is 0.114. The van der Waals surface area contributed by atoms with Crippen molar-refractivity contribution in [2.24, 2.45) is 11.0 Å². The first-order valence-corrected chi connectivity index (χ1v) is 8.20. The second-order valence-corrected chi connectivity index (χ2v) is 6.21. The average Bonchev–Trinajstić information content (AvgIpc) is 3.05. The van der Waals surface area contributed by atoms with E-state index in [4.69, 9.17) is 9.15 Å². The number of oxazole rings is 1. The molecule has 0 aliphatic carbocycles. The number of ether oxygens (including phenoxy) is 1. The fourth-order valence-corrected chi connectivity index (χ4v) is 3.04. The van der Waals surface area contributed by atoms with E-state index in [1.165, 1.54) is 0 Å². The first kappa shape index (κ1) is 15.7. The molecule has 6 heteroatoms. The van der Waals surface area contributed by atoms with Crippen LogP contribution >= 0.6 is 0 Å². The zero-order valence-electron chi connectivity index (χ0n) is 14.1. The van der Waals surface area contributed by atoms with Crippen molar-refractivity contribution in [2.75, 3.05) is 7.11 Å². The largest absolute Gasteiger partial charge is 0.497 e. The highest BCUT2D eigenvalue weighted by atomic mass is 16.5. The van der Waals surface area contributed by atoms with E-state index in [1.807, 2.05) is 42.5 Å². The Labute approximate surface area is 145 Å². The summed E-state index contributed by atoms with van der Waals surface area (Å²) in [4.78, 5) is 4.55. The summed E-state index contributed by atoms with van der Waals surface area (Å²) in [5, 5.41) is 13.9. The molecule has 2 heterocycles. The van der Waals surface area contributed by atoms with Gasteiger partial charge in [-0.15, -0.1) is 0 Å². The molecule has 0 radical (unpaired) electrons. The lowest BCUT2D eigenvalue weighted by Crippen LogP contribution is -2.35. The summed E-state index contributed by atoms with van der Waals surface area (Å²) in [5.74, 6) is 1.53. The van der Waals surface area contributed by atoms with Gasteiger partial charge < -0.3 is 14.3 Å². The molecule has 0 bridgehead atoms. The van der Waals surface area contributed by atoms with E-state index in [-0.39, 0.29) is 5.92 Å². The minimum absolute atomic E-state index is 0.165. The number of nitrogens with one attached hydrogen (secondary N) is 1. The Hall–Kier alpha value is -2.86. The number of rotatable bonds is 3. The third-order valence-corrected chi connectivity index (χ3v) is 4.40. The van der Waals surface area contributed by atoms with Crippen LogP contribution in [0.2, 0.25) is 0 Å². The quantitative estimate of drug-likeness (QED) is 0.767. The number of hydrazone groups is 1. The maximum absolute atomic E-state index is 9.63. The molecule has 1 aromatic heterocycles. The summed E-state index contributed by atoms with van der Waals surface area (Å²) in [6.07, 6.45) is 0.0409. The first-order chi connectivity index (χ1) is 12.1. The molecule has 128 valence electrons. The van der Waals surface area contributed by atoms with E-state index >= 15 is 0 Å². The van der Waals surface area contributed by atoms with Crippen molar-refractivity contribution in [2.45, 2.75) is 19.6 Å². The molecule has 2 unspecified atom stereocenters. The number of nitrogens with zero attached hydrogens (tertiary/aromatic N) is 2. The van der Waals surface area contributed by atoms with E-state index in [0.29, 0.717) is 17.9 Å². The van der Waals surface area contributed by atoms with Crippen LogP contribution < -0.4 is 10.2 Å². The van der Waals surface area contributed by atoms with E-state index in [0.717, 1.165) is 28.1 Å². The number of aromatic nitrogens is 1. The van der Waals surface area contributed by atoms with Crippen LogP contribution in [0.3, 0.4) is 0 Å². The van der Waals surface area contributed by atoms with Crippen LogP contribution in [0.4, 0.5) is 0 Å². The SMILES string of the molecule is COc1ccc(-c2nc3ccc(C4=NNC(O)CC4C)cc3o2)cc1. The Morgan fingerprint density at radius 1 is 1.16 bits per heavy atom. The highest BCUT2D eigenvalue weighted by molar-refractivity contribution is 6.04. The second-order valence-electron chi connectivity index (χ2n) is 6.21. The smallest absolute Gasteiger partial charge is 0.227 e. The average molecular weight is 337 g/mol. The number of aliphatic hydroxyl groups excluding tert-OH is 1. The highest BCUT2D eigenvalue weighted by Crippen LogP contribution is 2.28. The Morgan fingerprint density at radius 2 is 1.92 bits per heavy atom. The Balaban J connectivity index is 1.69.